The maximum absolute atomic E-state index is 11.3. The van der Waals surface area contributed by atoms with Crippen molar-refractivity contribution in [2.75, 3.05) is 38.2 Å². The van der Waals surface area contributed by atoms with E-state index in [9.17, 15) is 8.42 Å². The molecule has 1 aliphatic rings. The van der Waals surface area contributed by atoms with Crippen LogP contribution in [0.15, 0.2) is 36.8 Å². The van der Waals surface area contributed by atoms with Gasteiger partial charge in [-0.3, -0.25) is 0 Å². The van der Waals surface area contributed by atoms with Crippen molar-refractivity contribution in [1.29, 1.82) is 0 Å². The summed E-state index contributed by atoms with van der Waals surface area (Å²) in [6, 6.07) is 8.38. The Morgan fingerprint density at radius 1 is 1.24 bits per heavy atom. The molecule has 0 atom stereocenters. The van der Waals surface area contributed by atoms with Gasteiger partial charge in [0.1, 0.15) is 21.9 Å². The van der Waals surface area contributed by atoms with Crippen LogP contribution < -0.4 is 4.74 Å². The van der Waals surface area contributed by atoms with E-state index in [0.717, 1.165) is 46.8 Å². The highest BCUT2D eigenvalue weighted by molar-refractivity contribution is 7.90. The molecule has 0 spiro atoms. The molecule has 1 aromatic carbocycles. The third-order valence-electron chi connectivity index (χ3n) is 6.53. The van der Waals surface area contributed by atoms with Gasteiger partial charge < -0.3 is 14.6 Å². The SMILES string of the molecule is Cc1cc(-c2[nH]c3ccc(OCC4CN(CCS(C)(=O)=O)C4)cc3c2C(C)C)cn2ncnc12. The Bertz CT molecular complexity index is 1450. The molecule has 0 radical (unpaired) electrons. The second-order valence-electron chi connectivity index (χ2n) is 9.78. The molecule has 0 bridgehead atoms. The molecule has 0 amide bonds. The number of H-pyrrole nitrogens is 1. The average Bonchev–Trinajstić information content (AvgIpc) is 3.35. The average molecular weight is 482 g/mol. The number of benzene rings is 1. The summed E-state index contributed by atoms with van der Waals surface area (Å²) in [4.78, 5) is 10.1. The fourth-order valence-corrected chi connectivity index (χ4v) is 5.40. The summed E-state index contributed by atoms with van der Waals surface area (Å²) in [5, 5.41) is 5.50. The predicted octanol–water partition coefficient (Wildman–Crippen LogP) is 3.66. The van der Waals surface area contributed by atoms with E-state index in [0.29, 0.717) is 25.0 Å². The number of fused-ring (bicyclic) bond motifs is 2. The number of aryl methyl sites for hydroxylation is 1. The first-order valence-corrected chi connectivity index (χ1v) is 13.7. The first-order valence-electron chi connectivity index (χ1n) is 11.7. The highest BCUT2D eigenvalue weighted by Crippen LogP contribution is 2.37. The van der Waals surface area contributed by atoms with Gasteiger partial charge in [-0.2, -0.15) is 5.10 Å². The largest absolute Gasteiger partial charge is 0.493 e. The number of aromatic nitrogens is 4. The van der Waals surface area contributed by atoms with E-state index in [1.165, 1.54) is 17.2 Å². The molecule has 34 heavy (non-hydrogen) atoms. The molecule has 1 N–H and O–H groups in total. The van der Waals surface area contributed by atoms with Crippen LogP contribution >= 0.6 is 0 Å². The number of ether oxygens (including phenoxy) is 1. The fraction of sp³-hybridized carbons (Fsp3) is 0.440. The molecule has 8 nitrogen and oxygen atoms in total. The minimum Gasteiger partial charge on any atom is -0.493 e. The zero-order valence-corrected chi connectivity index (χ0v) is 20.9. The molecule has 4 heterocycles. The van der Waals surface area contributed by atoms with E-state index >= 15 is 0 Å². The van der Waals surface area contributed by atoms with E-state index in [2.05, 4.69) is 58.9 Å². The molecule has 0 aliphatic carbocycles. The van der Waals surface area contributed by atoms with E-state index in [4.69, 9.17) is 4.74 Å². The number of hydrogen-bond donors (Lipinski definition) is 1. The van der Waals surface area contributed by atoms with Gasteiger partial charge in [0.15, 0.2) is 5.65 Å². The Hall–Kier alpha value is -2.91. The van der Waals surface area contributed by atoms with Crippen LogP contribution in [0, 0.1) is 12.8 Å². The summed E-state index contributed by atoms with van der Waals surface area (Å²) in [5.41, 5.74) is 6.48. The summed E-state index contributed by atoms with van der Waals surface area (Å²) in [6.45, 7) is 9.48. The predicted molar refractivity (Wildman–Crippen MR) is 134 cm³/mol. The lowest BCUT2D eigenvalue weighted by Crippen LogP contribution is -2.50. The molecular formula is C25H31N5O3S. The van der Waals surface area contributed by atoms with Crippen molar-refractivity contribution in [3.63, 3.8) is 0 Å². The third-order valence-corrected chi connectivity index (χ3v) is 7.46. The number of nitrogens with zero attached hydrogens (tertiary/aromatic N) is 4. The number of nitrogens with one attached hydrogen (secondary N) is 1. The van der Waals surface area contributed by atoms with Gasteiger partial charge in [0, 0.05) is 54.5 Å². The van der Waals surface area contributed by atoms with Gasteiger partial charge in [-0.15, -0.1) is 0 Å². The van der Waals surface area contributed by atoms with Crippen molar-refractivity contribution in [2.45, 2.75) is 26.7 Å². The van der Waals surface area contributed by atoms with Gasteiger partial charge >= 0.3 is 0 Å². The van der Waals surface area contributed by atoms with E-state index in [-0.39, 0.29) is 5.75 Å². The molecule has 4 aromatic rings. The Morgan fingerprint density at radius 3 is 2.76 bits per heavy atom. The van der Waals surface area contributed by atoms with Crippen molar-refractivity contribution in [2.24, 2.45) is 5.92 Å². The van der Waals surface area contributed by atoms with Crippen molar-refractivity contribution < 1.29 is 13.2 Å². The number of rotatable bonds is 8. The van der Waals surface area contributed by atoms with Crippen LogP contribution in [0.1, 0.15) is 30.9 Å². The van der Waals surface area contributed by atoms with Crippen molar-refractivity contribution in [1.82, 2.24) is 24.5 Å². The summed E-state index contributed by atoms with van der Waals surface area (Å²) in [5.74, 6) is 1.83. The van der Waals surface area contributed by atoms with E-state index < -0.39 is 9.84 Å². The lowest BCUT2D eigenvalue weighted by atomic mass is 9.96. The van der Waals surface area contributed by atoms with Gasteiger partial charge in [-0.1, -0.05) is 13.8 Å². The highest BCUT2D eigenvalue weighted by Gasteiger charge is 2.27. The molecule has 3 aromatic heterocycles. The van der Waals surface area contributed by atoms with Crippen molar-refractivity contribution >= 4 is 26.4 Å². The lowest BCUT2D eigenvalue weighted by molar-refractivity contribution is 0.0678. The number of sulfone groups is 1. The second-order valence-corrected chi connectivity index (χ2v) is 12.0. The van der Waals surface area contributed by atoms with Gasteiger partial charge in [-0.25, -0.2) is 17.9 Å². The zero-order valence-electron chi connectivity index (χ0n) is 20.1. The summed E-state index contributed by atoms with van der Waals surface area (Å²) in [6.07, 6.45) is 4.89. The van der Waals surface area contributed by atoms with Gasteiger partial charge in [-0.05, 0) is 48.2 Å². The summed E-state index contributed by atoms with van der Waals surface area (Å²) in [7, 11) is -2.91. The quantitative estimate of drug-likeness (QED) is 0.413. The van der Waals surface area contributed by atoms with Crippen LogP contribution in [0.3, 0.4) is 0 Å². The van der Waals surface area contributed by atoms with E-state index in [1.807, 2.05) is 16.8 Å². The number of hydrogen-bond acceptors (Lipinski definition) is 6. The second kappa shape index (κ2) is 8.70. The smallest absolute Gasteiger partial charge is 0.158 e. The van der Waals surface area contributed by atoms with Gasteiger partial charge in [0.2, 0.25) is 0 Å². The number of likely N-dealkylation sites (tertiary alicyclic amines) is 1. The van der Waals surface area contributed by atoms with Crippen LogP contribution in [0.25, 0.3) is 27.8 Å². The Kier molecular flexibility index (Phi) is 5.85. The first kappa shape index (κ1) is 22.9. The van der Waals surface area contributed by atoms with Crippen LogP contribution in [-0.2, 0) is 9.84 Å². The summed E-state index contributed by atoms with van der Waals surface area (Å²) < 4.78 is 30.7. The highest BCUT2D eigenvalue weighted by atomic mass is 32.2. The molecule has 1 saturated heterocycles. The molecule has 9 heteroatoms. The maximum atomic E-state index is 11.3. The number of pyridine rings is 1. The molecule has 0 unspecified atom stereocenters. The molecule has 1 fully saturated rings. The Morgan fingerprint density at radius 2 is 2.03 bits per heavy atom. The van der Waals surface area contributed by atoms with Gasteiger partial charge in [0.05, 0.1) is 18.1 Å². The standard InChI is InChI=1S/C25H31N5O3S/c1-16(2)23-21-10-20(33-14-18-11-29(12-18)7-8-34(4,31)32)5-6-22(21)28-24(23)19-9-17(3)25-26-15-27-30(25)13-19/h5-6,9-10,13,15-16,18,28H,7-8,11-12,14H2,1-4H3. The third kappa shape index (κ3) is 4.54. The fourth-order valence-electron chi connectivity index (χ4n) is 4.81. The first-order chi connectivity index (χ1) is 16.2. The minimum atomic E-state index is -2.91. The Labute approximate surface area is 199 Å². The monoisotopic (exact) mass is 481 g/mol. The number of aromatic amines is 1. The molecule has 0 saturated carbocycles. The van der Waals surface area contributed by atoms with Crippen molar-refractivity contribution in [3.8, 4) is 17.0 Å². The van der Waals surface area contributed by atoms with E-state index in [1.54, 1.807) is 6.33 Å². The van der Waals surface area contributed by atoms with Crippen molar-refractivity contribution in [3.05, 3.63) is 47.9 Å². The normalized spacial score (nSPS) is 15.4. The van der Waals surface area contributed by atoms with Crippen LogP contribution in [0.4, 0.5) is 0 Å². The van der Waals surface area contributed by atoms with Crippen LogP contribution in [0.5, 0.6) is 5.75 Å². The van der Waals surface area contributed by atoms with Gasteiger partial charge in [0.25, 0.3) is 0 Å². The Balaban J connectivity index is 1.35. The van der Waals surface area contributed by atoms with Crippen LogP contribution in [0.2, 0.25) is 0 Å². The molecule has 180 valence electrons. The molecule has 5 rings (SSSR count). The van der Waals surface area contributed by atoms with Crippen LogP contribution in [-0.4, -0.2) is 71.1 Å². The molecule has 1 aliphatic heterocycles. The maximum Gasteiger partial charge on any atom is 0.158 e. The summed E-state index contributed by atoms with van der Waals surface area (Å²) >= 11 is 0. The topological polar surface area (TPSA) is 92.6 Å². The lowest BCUT2D eigenvalue weighted by Gasteiger charge is -2.38. The minimum absolute atomic E-state index is 0.217. The zero-order chi connectivity index (χ0) is 24.0. The molecular weight excluding hydrogens is 450 g/mol.